The molecule has 0 aromatic carbocycles. The third-order valence-electron chi connectivity index (χ3n) is 5.76. The Balaban J connectivity index is 3.01. The van der Waals surface area contributed by atoms with Crippen molar-refractivity contribution in [2.24, 2.45) is 17.2 Å². The molecule has 38 heavy (non-hydrogen) atoms. The highest BCUT2D eigenvalue weighted by Crippen LogP contribution is 2.07. The summed E-state index contributed by atoms with van der Waals surface area (Å²) in [6.07, 6.45) is 4.84. The number of nitrogens with zero attached hydrogens (tertiary/aromatic N) is 1. The van der Waals surface area contributed by atoms with E-state index in [-0.39, 0.29) is 19.3 Å². The van der Waals surface area contributed by atoms with Crippen LogP contribution >= 0.6 is 0 Å². The molecule has 15 heteroatoms. The Morgan fingerprint density at radius 1 is 0.816 bits per heavy atom. The fraction of sp³-hybridized carbons (Fsp3) is 0.652. The van der Waals surface area contributed by atoms with Crippen LogP contribution in [0.2, 0.25) is 0 Å². The van der Waals surface area contributed by atoms with Crippen molar-refractivity contribution in [1.29, 1.82) is 0 Å². The van der Waals surface area contributed by atoms with Crippen LogP contribution in [0.3, 0.4) is 0 Å². The first-order valence-electron chi connectivity index (χ1n) is 12.6. The molecule has 0 aliphatic heterocycles. The van der Waals surface area contributed by atoms with Crippen LogP contribution in [0.4, 0.5) is 0 Å². The molecule has 1 aromatic heterocycles. The maximum Gasteiger partial charge on any atom is 0.326 e. The molecule has 4 unspecified atom stereocenters. The van der Waals surface area contributed by atoms with Crippen LogP contribution in [0.25, 0.3) is 0 Å². The summed E-state index contributed by atoms with van der Waals surface area (Å²) in [5.41, 5.74) is 17.4. The third kappa shape index (κ3) is 12.6. The molecule has 0 saturated carbocycles. The number of carbonyl (C=O) groups is 5. The lowest BCUT2D eigenvalue weighted by Crippen LogP contribution is -2.57. The van der Waals surface area contributed by atoms with E-state index in [4.69, 9.17) is 22.3 Å². The molecule has 0 spiro atoms. The summed E-state index contributed by atoms with van der Waals surface area (Å²) >= 11 is 0. The Morgan fingerprint density at radius 3 is 1.95 bits per heavy atom. The Kier molecular flexibility index (Phi) is 15.2. The number of imidazole rings is 1. The molecule has 0 aliphatic carbocycles. The van der Waals surface area contributed by atoms with Gasteiger partial charge in [0.05, 0.1) is 12.4 Å². The number of H-pyrrole nitrogens is 1. The highest BCUT2D eigenvalue weighted by molar-refractivity contribution is 5.94. The average molecular weight is 541 g/mol. The standard InChI is InChI=1S/C23H40N8O7/c24-9-3-1-5-15(26)20(34)31-18(11-14-12-27-13-28-14)22(36)29-16(7-8-19(32)33)21(35)30-17(23(37)38)6-2-4-10-25/h12-13,15-18H,1-11,24-26H2,(H,27,28)(H,29,36)(H,30,35)(H,31,34)(H,32,33)(H,37,38). The molecule has 15 nitrogen and oxygen atoms in total. The number of aromatic amines is 1. The highest BCUT2D eigenvalue weighted by Gasteiger charge is 2.31. The molecule has 0 aliphatic rings. The van der Waals surface area contributed by atoms with Crippen molar-refractivity contribution in [2.45, 2.75) is 82.0 Å². The minimum absolute atomic E-state index is 0.0167. The van der Waals surface area contributed by atoms with Crippen molar-refractivity contribution >= 4 is 29.7 Å². The molecular formula is C23H40N8O7. The van der Waals surface area contributed by atoms with Crippen LogP contribution in [0, 0.1) is 0 Å². The van der Waals surface area contributed by atoms with Gasteiger partial charge in [0.1, 0.15) is 18.1 Å². The summed E-state index contributed by atoms with van der Waals surface area (Å²) in [5.74, 6) is -4.70. The monoisotopic (exact) mass is 540 g/mol. The smallest absolute Gasteiger partial charge is 0.326 e. The minimum atomic E-state index is -1.37. The number of hydrogen-bond acceptors (Lipinski definition) is 9. The Hall–Kier alpha value is -3.56. The van der Waals surface area contributed by atoms with Gasteiger partial charge >= 0.3 is 11.9 Å². The van der Waals surface area contributed by atoms with E-state index in [0.29, 0.717) is 50.9 Å². The topological polar surface area (TPSA) is 269 Å². The fourth-order valence-electron chi connectivity index (χ4n) is 3.58. The number of rotatable bonds is 20. The fourth-order valence-corrected chi connectivity index (χ4v) is 3.58. The summed E-state index contributed by atoms with van der Waals surface area (Å²) in [4.78, 5) is 68.2. The number of aliphatic carboxylic acids is 2. The molecule has 4 atom stereocenters. The van der Waals surface area contributed by atoms with Gasteiger partial charge in [-0.1, -0.05) is 6.42 Å². The molecule has 0 fully saturated rings. The van der Waals surface area contributed by atoms with Crippen LogP contribution in [-0.2, 0) is 30.4 Å². The molecule has 0 radical (unpaired) electrons. The highest BCUT2D eigenvalue weighted by atomic mass is 16.4. The summed E-state index contributed by atoms with van der Waals surface area (Å²) in [7, 11) is 0. The van der Waals surface area contributed by atoms with Crippen molar-refractivity contribution in [3.05, 3.63) is 18.2 Å². The lowest BCUT2D eigenvalue weighted by Gasteiger charge is -2.25. The van der Waals surface area contributed by atoms with Gasteiger partial charge in [0.25, 0.3) is 0 Å². The number of unbranched alkanes of at least 4 members (excludes halogenated alkanes) is 2. The summed E-state index contributed by atoms with van der Waals surface area (Å²) in [6, 6.07) is -4.68. The Bertz CT molecular complexity index is 896. The van der Waals surface area contributed by atoms with E-state index in [2.05, 4.69) is 25.9 Å². The third-order valence-corrected chi connectivity index (χ3v) is 5.76. The van der Waals surface area contributed by atoms with Gasteiger partial charge in [-0.25, -0.2) is 9.78 Å². The number of carboxylic acids is 2. The van der Waals surface area contributed by atoms with Crippen molar-refractivity contribution < 1.29 is 34.2 Å². The molecule has 12 N–H and O–H groups in total. The van der Waals surface area contributed by atoms with Gasteiger partial charge < -0.3 is 48.3 Å². The van der Waals surface area contributed by atoms with Crippen LogP contribution in [-0.4, -0.2) is 87.1 Å². The second-order valence-corrected chi connectivity index (χ2v) is 8.91. The van der Waals surface area contributed by atoms with Crippen LogP contribution < -0.4 is 33.2 Å². The quantitative estimate of drug-likeness (QED) is 0.0811. The predicted octanol–water partition coefficient (Wildman–Crippen LogP) is -2.06. The van der Waals surface area contributed by atoms with E-state index in [1.165, 1.54) is 12.5 Å². The number of nitrogens with two attached hydrogens (primary N) is 3. The van der Waals surface area contributed by atoms with Crippen LogP contribution in [0.15, 0.2) is 12.5 Å². The zero-order valence-corrected chi connectivity index (χ0v) is 21.4. The van der Waals surface area contributed by atoms with E-state index in [1.54, 1.807) is 0 Å². The first-order valence-corrected chi connectivity index (χ1v) is 12.6. The van der Waals surface area contributed by atoms with Gasteiger partial charge in [0.15, 0.2) is 0 Å². The number of nitrogens with one attached hydrogen (secondary N) is 4. The molecule has 1 heterocycles. The zero-order valence-electron chi connectivity index (χ0n) is 21.4. The van der Waals surface area contributed by atoms with Gasteiger partial charge in [0.2, 0.25) is 17.7 Å². The molecule has 214 valence electrons. The molecule has 1 aromatic rings. The second-order valence-electron chi connectivity index (χ2n) is 8.91. The van der Waals surface area contributed by atoms with Crippen LogP contribution in [0.1, 0.15) is 57.1 Å². The zero-order chi connectivity index (χ0) is 28.5. The maximum atomic E-state index is 13.2. The number of hydrogen-bond donors (Lipinski definition) is 9. The minimum Gasteiger partial charge on any atom is -0.481 e. The van der Waals surface area contributed by atoms with Crippen molar-refractivity contribution in [2.75, 3.05) is 13.1 Å². The normalized spacial score (nSPS) is 14.1. The second kappa shape index (κ2) is 17.8. The SMILES string of the molecule is NCCCCC(N)C(=O)NC(Cc1cnc[nH]1)C(=O)NC(CCC(=O)O)C(=O)NC(CCCCN)C(=O)O. The van der Waals surface area contributed by atoms with E-state index >= 15 is 0 Å². The number of aromatic nitrogens is 2. The Labute approximate surface area is 220 Å². The summed E-state index contributed by atoms with van der Waals surface area (Å²) in [5, 5.41) is 26.0. The van der Waals surface area contributed by atoms with E-state index in [9.17, 15) is 29.1 Å². The number of amides is 3. The summed E-state index contributed by atoms with van der Waals surface area (Å²) < 4.78 is 0. The molecular weight excluding hydrogens is 500 g/mol. The van der Waals surface area contributed by atoms with Gasteiger partial charge in [0, 0.05) is 24.7 Å². The van der Waals surface area contributed by atoms with Crippen molar-refractivity contribution in [3.63, 3.8) is 0 Å². The first-order chi connectivity index (χ1) is 18.1. The largest absolute Gasteiger partial charge is 0.481 e. The van der Waals surface area contributed by atoms with Gasteiger partial charge in [-0.2, -0.15) is 0 Å². The van der Waals surface area contributed by atoms with E-state index in [0.717, 1.165) is 0 Å². The average Bonchev–Trinajstić information content (AvgIpc) is 3.38. The van der Waals surface area contributed by atoms with Crippen molar-refractivity contribution in [3.8, 4) is 0 Å². The van der Waals surface area contributed by atoms with Gasteiger partial charge in [-0.3, -0.25) is 19.2 Å². The maximum absolute atomic E-state index is 13.2. The first kappa shape index (κ1) is 32.5. The molecule has 0 saturated heterocycles. The van der Waals surface area contributed by atoms with Gasteiger partial charge in [-0.15, -0.1) is 0 Å². The van der Waals surface area contributed by atoms with Gasteiger partial charge in [-0.05, 0) is 51.6 Å². The Morgan fingerprint density at radius 2 is 1.39 bits per heavy atom. The van der Waals surface area contributed by atoms with E-state index < -0.39 is 60.2 Å². The van der Waals surface area contributed by atoms with Crippen LogP contribution in [0.5, 0.6) is 0 Å². The number of carbonyl (C=O) groups excluding carboxylic acids is 3. The van der Waals surface area contributed by atoms with E-state index in [1.807, 2.05) is 0 Å². The molecule has 3 amide bonds. The lowest BCUT2D eigenvalue weighted by molar-refractivity contribution is -0.143. The predicted molar refractivity (Wildman–Crippen MR) is 136 cm³/mol. The van der Waals surface area contributed by atoms with Crippen molar-refractivity contribution in [1.82, 2.24) is 25.9 Å². The molecule has 1 rings (SSSR count). The molecule has 0 bridgehead atoms. The summed E-state index contributed by atoms with van der Waals surface area (Å²) in [6.45, 7) is 0.812. The lowest BCUT2D eigenvalue weighted by atomic mass is 10.0. The number of carboxylic acid groups (broad SMARTS) is 2.